The number of hydrogen-bond donors (Lipinski definition) is 0. The van der Waals surface area contributed by atoms with Crippen molar-refractivity contribution >= 4 is 13.2 Å². The molecule has 0 aliphatic carbocycles. The highest BCUT2D eigenvalue weighted by Crippen LogP contribution is 2.61. The number of hydrogen-bond acceptors (Lipinski definition) is 2. The van der Waals surface area contributed by atoms with E-state index in [1.54, 1.807) is 24.6 Å². The average Bonchev–Trinajstić information content (AvgIpc) is 2.75. The van der Waals surface area contributed by atoms with Crippen LogP contribution in [0.2, 0.25) is 0 Å². The first kappa shape index (κ1) is 29.8. The van der Waals surface area contributed by atoms with Gasteiger partial charge in [-0.25, -0.2) is 22.0 Å². The van der Waals surface area contributed by atoms with Crippen LogP contribution in [0.5, 0.6) is 0 Å². The Balaban J connectivity index is 0.000000590. The van der Waals surface area contributed by atoms with Crippen LogP contribution in [0.4, 0.5) is 22.0 Å². The summed E-state index contributed by atoms with van der Waals surface area (Å²) in [5, 5.41) is 10.0. The molecule has 0 heterocycles. The number of aromatic carboxylic acids is 1. The Morgan fingerprint density at radius 1 is 0.613 bits per heavy atom. The third-order valence-corrected chi connectivity index (χ3v) is 10.4. The molecular formula is C23H36F5O2P. The maximum absolute atomic E-state index is 12.5. The highest BCUT2D eigenvalue weighted by Gasteiger charge is 2.34. The van der Waals surface area contributed by atoms with E-state index >= 15 is 0 Å². The van der Waals surface area contributed by atoms with Crippen molar-refractivity contribution in [2.75, 3.05) is 24.6 Å². The van der Waals surface area contributed by atoms with E-state index in [-0.39, 0.29) is 0 Å². The Bertz CT molecular complexity index is 616. The molecule has 1 aromatic carbocycles. The second-order valence-electron chi connectivity index (χ2n) is 7.88. The summed E-state index contributed by atoms with van der Waals surface area (Å²) in [7, 11) is -0.562. The van der Waals surface area contributed by atoms with Crippen molar-refractivity contribution in [3.63, 3.8) is 0 Å². The molecule has 0 saturated heterocycles. The van der Waals surface area contributed by atoms with E-state index in [4.69, 9.17) is 0 Å². The number of rotatable bonds is 13. The van der Waals surface area contributed by atoms with Gasteiger partial charge in [0.15, 0.2) is 23.3 Å². The van der Waals surface area contributed by atoms with Crippen LogP contribution in [0.1, 0.15) is 89.4 Å². The van der Waals surface area contributed by atoms with Crippen molar-refractivity contribution in [2.45, 2.75) is 79.1 Å². The quantitative estimate of drug-likeness (QED) is 0.135. The summed E-state index contributed by atoms with van der Waals surface area (Å²) < 4.78 is 62.0. The molecule has 0 unspecified atom stereocenters. The summed E-state index contributed by atoms with van der Waals surface area (Å²) in [5.41, 5.74) is -1.97. The molecule has 0 bridgehead atoms. The summed E-state index contributed by atoms with van der Waals surface area (Å²) in [6.45, 7) is 9.42. The number of carbonyl (C=O) groups is 1. The standard InChI is InChI=1S/C16H36P.C7HF5O2/c1-5-9-13-17(14-10-6-2,15-11-7-3)16-12-8-4;8-2-1(7(13)14)3(9)5(11)6(12)4(2)10/h5-16H2,1-4H3;(H,13,14)/q+1;/p-1. The zero-order valence-corrected chi connectivity index (χ0v) is 20.0. The summed E-state index contributed by atoms with van der Waals surface area (Å²) in [5.74, 6) is -14.4. The van der Waals surface area contributed by atoms with Crippen molar-refractivity contribution < 1.29 is 31.9 Å². The normalized spacial score (nSPS) is 11.3. The molecule has 31 heavy (non-hydrogen) atoms. The van der Waals surface area contributed by atoms with Crippen LogP contribution in [0, 0.1) is 29.1 Å². The molecule has 0 radical (unpaired) electrons. The van der Waals surface area contributed by atoms with Crippen molar-refractivity contribution in [3.05, 3.63) is 34.6 Å². The molecule has 0 saturated carbocycles. The summed E-state index contributed by atoms with van der Waals surface area (Å²) in [6.07, 6.45) is 17.9. The Hall–Kier alpha value is -1.23. The first-order valence-corrected chi connectivity index (χ1v) is 13.7. The topological polar surface area (TPSA) is 40.1 Å². The number of halogens is 5. The first-order valence-electron chi connectivity index (χ1n) is 11.2. The fourth-order valence-corrected chi connectivity index (χ4v) is 8.72. The van der Waals surface area contributed by atoms with Gasteiger partial charge < -0.3 is 9.90 Å². The fraction of sp³-hybridized carbons (Fsp3) is 0.696. The van der Waals surface area contributed by atoms with Gasteiger partial charge in [-0.15, -0.1) is 0 Å². The van der Waals surface area contributed by atoms with Gasteiger partial charge in [-0.2, -0.15) is 0 Å². The predicted octanol–water partition coefficient (Wildman–Crippen LogP) is 6.95. The third kappa shape index (κ3) is 9.43. The van der Waals surface area contributed by atoms with Gasteiger partial charge in [0.25, 0.3) is 0 Å². The van der Waals surface area contributed by atoms with Gasteiger partial charge in [0.1, 0.15) is 0 Å². The van der Waals surface area contributed by atoms with E-state index in [0.717, 1.165) is 0 Å². The molecule has 0 aromatic heterocycles. The highest BCUT2D eigenvalue weighted by molar-refractivity contribution is 7.75. The summed E-state index contributed by atoms with van der Waals surface area (Å²) in [4.78, 5) is 10.0. The molecule has 0 atom stereocenters. The smallest absolute Gasteiger partial charge is 0.200 e. The van der Waals surface area contributed by atoms with Gasteiger partial charge >= 0.3 is 0 Å². The van der Waals surface area contributed by atoms with E-state index < -0.39 is 47.9 Å². The van der Waals surface area contributed by atoms with Crippen molar-refractivity contribution in [3.8, 4) is 0 Å². The SMILES string of the molecule is CCCC[P+](CCCC)(CCCC)CCCC.O=C([O-])c1c(F)c(F)c(F)c(F)c1F. The molecule has 0 spiro atoms. The Morgan fingerprint density at radius 2 is 0.871 bits per heavy atom. The van der Waals surface area contributed by atoms with Gasteiger partial charge in [-0.05, 0) is 25.7 Å². The average molecular weight is 471 g/mol. The molecule has 0 aliphatic heterocycles. The number of carboxylic acid groups (broad SMARTS) is 1. The van der Waals surface area contributed by atoms with E-state index in [9.17, 15) is 31.9 Å². The van der Waals surface area contributed by atoms with E-state index in [0.29, 0.717) is 0 Å². The highest BCUT2D eigenvalue weighted by atomic mass is 31.2. The lowest BCUT2D eigenvalue weighted by Crippen LogP contribution is -2.26. The van der Waals surface area contributed by atoms with E-state index in [1.165, 1.54) is 51.4 Å². The molecule has 2 nitrogen and oxygen atoms in total. The number of carbonyl (C=O) groups excluding carboxylic acids is 1. The zero-order chi connectivity index (χ0) is 24.0. The van der Waals surface area contributed by atoms with Crippen molar-refractivity contribution in [1.82, 2.24) is 0 Å². The van der Waals surface area contributed by atoms with Gasteiger partial charge in [0.05, 0.1) is 36.2 Å². The molecule has 1 aromatic rings. The van der Waals surface area contributed by atoms with Gasteiger partial charge in [-0.1, -0.05) is 53.4 Å². The zero-order valence-electron chi connectivity index (χ0n) is 19.1. The second kappa shape index (κ2) is 15.6. The van der Waals surface area contributed by atoms with Gasteiger partial charge in [-0.3, -0.25) is 0 Å². The number of benzene rings is 1. The largest absolute Gasteiger partial charge is 0.545 e. The molecular weight excluding hydrogens is 434 g/mol. The van der Waals surface area contributed by atoms with Crippen LogP contribution in [0.15, 0.2) is 0 Å². The Labute approximate surface area is 184 Å². The lowest BCUT2D eigenvalue weighted by atomic mass is 10.1. The molecule has 0 N–H and O–H groups in total. The van der Waals surface area contributed by atoms with Gasteiger partial charge in [0.2, 0.25) is 5.82 Å². The van der Waals surface area contributed by atoms with Crippen LogP contribution in [0.25, 0.3) is 0 Å². The minimum Gasteiger partial charge on any atom is -0.545 e. The fourth-order valence-electron chi connectivity index (χ4n) is 3.43. The van der Waals surface area contributed by atoms with Crippen LogP contribution in [-0.4, -0.2) is 30.6 Å². The van der Waals surface area contributed by atoms with E-state index in [1.807, 2.05) is 0 Å². The molecule has 8 heteroatoms. The number of carboxylic acids is 1. The predicted molar refractivity (Wildman–Crippen MR) is 117 cm³/mol. The van der Waals surface area contributed by atoms with Crippen molar-refractivity contribution in [1.29, 1.82) is 0 Å². The number of unbranched alkanes of at least 4 members (excludes halogenated alkanes) is 4. The lowest BCUT2D eigenvalue weighted by Gasteiger charge is -2.28. The van der Waals surface area contributed by atoms with E-state index in [2.05, 4.69) is 27.7 Å². The maximum Gasteiger partial charge on any atom is 0.200 e. The second-order valence-corrected chi connectivity index (χ2v) is 12.4. The monoisotopic (exact) mass is 470 g/mol. The molecule has 180 valence electrons. The van der Waals surface area contributed by atoms with Crippen molar-refractivity contribution in [2.24, 2.45) is 0 Å². The minimum absolute atomic E-state index is 0.562. The summed E-state index contributed by atoms with van der Waals surface area (Å²) in [6, 6.07) is 0. The minimum atomic E-state index is -2.47. The molecule has 0 aliphatic rings. The summed E-state index contributed by atoms with van der Waals surface area (Å²) >= 11 is 0. The lowest BCUT2D eigenvalue weighted by molar-refractivity contribution is -0.255. The van der Waals surface area contributed by atoms with Crippen LogP contribution >= 0.6 is 7.26 Å². The Morgan fingerprint density at radius 3 is 1.10 bits per heavy atom. The first-order chi connectivity index (χ1) is 14.6. The van der Waals surface area contributed by atoms with Gasteiger partial charge in [0, 0.05) is 7.26 Å². The Kier molecular flexibility index (Phi) is 14.9. The van der Waals surface area contributed by atoms with Crippen LogP contribution < -0.4 is 5.11 Å². The van der Waals surface area contributed by atoms with Crippen LogP contribution in [0.3, 0.4) is 0 Å². The molecule has 0 fully saturated rings. The maximum atomic E-state index is 12.5. The molecule has 0 amide bonds. The molecule has 1 rings (SSSR count). The third-order valence-electron chi connectivity index (χ3n) is 5.36. The van der Waals surface area contributed by atoms with Crippen LogP contribution in [-0.2, 0) is 0 Å².